The molecule has 34 heavy (non-hydrogen) atoms. The molecule has 0 bridgehead atoms. The van der Waals surface area contributed by atoms with E-state index in [0.29, 0.717) is 18.7 Å². The van der Waals surface area contributed by atoms with E-state index in [1.165, 1.54) is 5.56 Å². The fraction of sp³-hybridized carbons (Fsp3) is 0.222. The molecule has 1 amide bonds. The summed E-state index contributed by atoms with van der Waals surface area (Å²) in [6.07, 6.45) is 2.06. The van der Waals surface area contributed by atoms with Gasteiger partial charge in [-0.3, -0.25) is 9.36 Å². The predicted molar refractivity (Wildman–Crippen MR) is 135 cm³/mol. The third-order valence-corrected chi connectivity index (χ3v) is 6.35. The van der Waals surface area contributed by atoms with Gasteiger partial charge >= 0.3 is 0 Å². The highest BCUT2D eigenvalue weighted by Crippen LogP contribution is 2.23. The van der Waals surface area contributed by atoms with Crippen LogP contribution in [0.15, 0.2) is 90.1 Å². The minimum Gasteiger partial charge on any atom is -0.496 e. The molecule has 174 valence electrons. The molecule has 1 aromatic heterocycles. The van der Waals surface area contributed by atoms with E-state index in [9.17, 15) is 4.79 Å². The van der Waals surface area contributed by atoms with Crippen molar-refractivity contribution in [3.8, 4) is 11.4 Å². The summed E-state index contributed by atoms with van der Waals surface area (Å²) in [7, 11) is 1.63. The number of benzene rings is 3. The lowest BCUT2D eigenvalue weighted by molar-refractivity contribution is -0.120. The Bertz CT molecular complexity index is 1200. The van der Waals surface area contributed by atoms with Gasteiger partial charge in [0.15, 0.2) is 5.16 Å². The van der Waals surface area contributed by atoms with Crippen LogP contribution in [0.25, 0.3) is 5.69 Å². The molecule has 0 fully saturated rings. The number of hydrogen-bond donors (Lipinski definition) is 1. The topological polar surface area (TPSA) is 69.0 Å². The fourth-order valence-corrected chi connectivity index (χ4v) is 4.57. The number of rotatable bonds is 11. The summed E-state index contributed by atoms with van der Waals surface area (Å²) in [6, 6.07) is 28.2. The van der Waals surface area contributed by atoms with Gasteiger partial charge in [-0.15, -0.1) is 10.2 Å². The van der Waals surface area contributed by atoms with Crippen LogP contribution in [0.5, 0.6) is 5.75 Å². The van der Waals surface area contributed by atoms with Crippen LogP contribution in [-0.4, -0.2) is 33.5 Å². The predicted octanol–water partition coefficient (Wildman–Crippen LogP) is 4.86. The first-order valence-corrected chi connectivity index (χ1v) is 12.3. The zero-order valence-corrected chi connectivity index (χ0v) is 20.0. The zero-order valence-electron chi connectivity index (χ0n) is 19.2. The molecule has 0 unspecified atom stereocenters. The number of aromatic nitrogens is 3. The minimum atomic E-state index is -0.00603. The normalized spacial score (nSPS) is 10.7. The van der Waals surface area contributed by atoms with Gasteiger partial charge in [0.2, 0.25) is 5.91 Å². The van der Waals surface area contributed by atoms with Crippen LogP contribution in [0.1, 0.15) is 23.4 Å². The van der Waals surface area contributed by atoms with Crippen LogP contribution in [0.2, 0.25) is 0 Å². The molecule has 6 nitrogen and oxygen atoms in total. The fourth-order valence-electron chi connectivity index (χ4n) is 3.66. The molecule has 0 aliphatic rings. The number of nitrogens with zero attached hydrogens (tertiary/aromatic N) is 3. The first kappa shape index (κ1) is 23.6. The largest absolute Gasteiger partial charge is 0.496 e. The molecule has 4 rings (SSSR count). The Kier molecular flexibility index (Phi) is 8.35. The molecule has 0 aliphatic heterocycles. The van der Waals surface area contributed by atoms with Crippen LogP contribution in [0.4, 0.5) is 0 Å². The van der Waals surface area contributed by atoms with Crippen LogP contribution in [-0.2, 0) is 24.2 Å². The maximum absolute atomic E-state index is 12.4. The summed E-state index contributed by atoms with van der Waals surface area (Å²) >= 11 is 1.55. The Morgan fingerprint density at radius 1 is 0.912 bits per heavy atom. The van der Waals surface area contributed by atoms with E-state index in [0.717, 1.165) is 40.8 Å². The maximum Gasteiger partial charge on any atom is 0.221 e. The Labute approximate surface area is 204 Å². The quantitative estimate of drug-likeness (QED) is 0.316. The molecule has 0 saturated carbocycles. The van der Waals surface area contributed by atoms with Gasteiger partial charge in [0, 0.05) is 36.4 Å². The van der Waals surface area contributed by atoms with E-state index in [1.54, 1.807) is 18.9 Å². The molecular formula is C27H28N4O2S. The highest BCUT2D eigenvalue weighted by atomic mass is 32.2. The Morgan fingerprint density at radius 2 is 1.62 bits per heavy atom. The zero-order chi connectivity index (χ0) is 23.6. The number of para-hydroxylation sites is 2. The summed E-state index contributed by atoms with van der Waals surface area (Å²) < 4.78 is 7.45. The lowest BCUT2D eigenvalue weighted by Gasteiger charge is -2.11. The van der Waals surface area contributed by atoms with Crippen molar-refractivity contribution in [2.75, 3.05) is 12.9 Å². The van der Waals surface area contributed by atoms with E-state index >= 15 is 0 Å². The molecular weight excluding hydrogens is 444 g/mol. The Morgan fingerprint density at radius 3 is 2.38 bits per heavy atom. The van der Waals surface area contributed by atoms with E-state index in [-0.39, 0.29) is 5.91 Å². The number of carbonyl (C=O) groups is 1. The van der Waals surface area contributed by atoms with Crippen molar-refractivity contribution in [3.63, 3.8) is 0 Å². The summed E-state index contributed by atoms with van der Waals surface area (Å²) in [5.74, 6) is 2.30. The number of methoxy groups -OCH3 is 1. The van der Waals surface area contributed by atoms with Gasteiger partial charge in [-0.25, -0.2) is 0 Å². The molecule has 0 saturated heterocycles. The highest BCUT2D eigenvalue weighted by molar-refractivity contribution is 7.99. The Balaban J connectivity index is 1.37. The van der Waals surface area contributed by atoms with E-state index in [4.69, 9.17) is 4.74 Å². The molecule has 1 heterocycles. The molecule has 1 N–H and O–H groups in total. The van der Waals surface area contributed by atoms with Gasteiger partial charge in [0.25, 0.3) is 0 Å². The molecule has 3 aromatic carbocycles. The summed E-state index contributed by atoms with van der Waals surface area (Å²) in [4.78, 5) is 12.4. The summed E-state index contributed by atoms with van der Waals surface area (Å²) in [5.41, 5.74) is 3.25. The minimum absolute atomic E-state index is 0.00603. The average Bonchev–Trinajstić information content (AvgIpc) is 3.30. The standard InChI is InChI=1S/C27H28N4O2S/c1-33-24-15-9-8-12-22(24)20-28-26(32)18-19-34-27-30-29-25(17-16-21-10-4-2-5-11-21)31(27)23-13-6-3-7-14-23/h2-15H,16-20H2,1H3,(H,28,32). The number of thioether (sulfide) groups is 1. The second kappa shape index (κ2) is 12.0. The van der Waals surface area contributed by atoms with E-state index < -0.39 is 0 Å². The number of ether oxygens (including phenoxy) is 1. The monoisotopic (exact) mass is 472 g/mol. The second-order valence-corrected chi connectivity index (χ2v) is 8.80. The highest BCUT2D eigenvalue weighted by Gasteiger charge is 2.15. The third-order valence-electron chi connectivity index (χ3n) is 5.42. The van der Waals surface area contributed by atoms with Gasteiger partial charge < -0.3 is 10.1 Å². The van der Waals surface area contributed by atoms with Crippen molar-refractivity contribution in [3.05, 3.63) is 102 Å². The molecule has 7 heteroatoms. The number of nitrogens with one attached hydrogen (secondary N) is 1. The smallest absolute Gasteiger partial charge is 0.221 e. The Hall–Kier alpha value is -3.58. The van der Waals surface area contributed by atoms with Crippen LogP contribution in [0, 0.1) is 0 Å². The van der Waals surface area contributed by atoms with Crippen molar-refractivity contribution in [1.29, 1.82) is 0 Å². The van der Waals surface area contributed by atoms with E-state index in [1.807, 2.05) is 48.5 Å². The third kappa shape index (κ3) is 6.26. The molecule has 0 atom stereocenters. The molecule has 0 aliphatic carbocycles. The number of carbonyl (C=O) groups excluding carboxylic acids is 1. The number of amides is 1. The number of aryl methyl sites for hydroxylation is 2. The molecule has 4 aromatic rings. The maximum atomic E-state index is 12.4. The lowest BCUT2D eigenvalue weighted by Crippen LogP contribution is -2.23. The van der Waals surface area contributed by atoms with Crippen molar-refractivity contribution in [2.45, 2.75) is 31.0 Å². The van der Waals surface area contributed by atoms with Gasteiger partial charge in [0.05, 0.1) is 7.11 Å². The van der Waals surface area contributed by atoms with Gasteiger partial charge in [0.1, 0.15) is 11.6 Å². The van der Waals surface area contributed by atoms with Crippen LogP contribution < -0.4 is 10.1 Å². The van der Waals surface area contributed by atoms with Gasteiger partial charge in [-0.05, 0) is 30.2 Å². The SMILES string of the molecule is COc1ccccc1CNC(=O)CCSc1nnc(CCc2ccccc2)n1-c1ccccc1. The first-order valence-electron chi connectivity index (χ1n) is 11.3. The second-order valence-electron chi connectivity index (χ2n) is 7.74. The lowest BCUT2D eigenvalue weighted by atomic mass is 10.1. The molecule has 0 radical (unpaired) electrons. The molecule has 0 spiro atoms. The number of hydrogen-bond acceptors (Lipinski definition) is 5. The van der Waals surface area contributed by atoms with Crippen LogP contribution >= 0.6 is 11.8 Å². The van der Waals surface area contributed by atoms with Crippen molar-refractivity contribution < 1.29 is 9.53 Å². The van der Waals surface area contributed by atoms with Crippen LogP contribution in [0.3, 0.4) is 0 Å². The summed E-state index contributed by atoms with van der Waals surface area (Å²) in [6.45, 7) is 0.442. The van der Waals surface area contributed by atoms with Crippen molar-refractivity contribution in [2.24, 2.45) is 0 Å². The first-order chi connectivity index (χ1) is 16.7. The average molecular weight is 473 g/mol. The summed E-state index contributed by atoms with van der Waals surface area (Å²) in [5, 5.41) is 12.7. The van der Waals surface area contributed by atoms with Crippen molar-refractivity contribution >= 4 is 17.7 Å². The van der Waals surface area contributed by atoms with Gasteiger partial charge in [-0.1, -0.05) is 78.5 Å². The van der Waals surface area contributed by atoms with E-state index in [2.05, 4.69) is 56.5 Å². The van der Waals surface area contributed by atoms with Crippen molar-refractivity contribution in [1.82, 2.24) is 20.1 Å². The van der Waals surface area contributed by atoms with Gasteiger partial charge in [-0.2, -0.15) is 0 Å².